The van der Waals surface area contributed by atoms with E-state index < -0.39 is 17.5 Å². The summed E-state index contributed by atoms with van der Waals surface area (Å²) in [6, 6.07) is 16.5. The van der Waals surface area contributed by atoms with E-state index in [-0.39, 0.29) is 12.5 Å². The molecule has 4 amide bonds. The number of amides is 4. The molecule has 1 heterocycles. The molecular formula is C23H30N5O3+. The lowest BCUT2D eigenvalue weighted by Gasteiger charge is -2.22. The molecular weight excluding hydrogens is 394 g/mol. The number of rotatable bonds is 8. The van der Waals surface area contributed by atoms with Crippen molar-refractivity contribution >= 4 is 23.5 Å². The number of quaternary nitrogens is 1. The van der Waals surface area contributed by atoms with Crippen molar-refractivity contribution in [2.24, 2.45) is 0 Å². The Hall–Kier alpha value is -3.39. The van der Waals surface area contributed by atoms with Crippen LogP contribution in [0.5, 0.6) is 0 Å². The molecule has 0 bridgehead atoms. The fourth-order valence-electron chi connectivity index (χ4n) is 3.61. The number of anilines is 1. The van der Waals surface area contributed by atoms with Gasteiger partial charge in [-0.15, -0.1) is 0 Å². The van der Waals surface area contributed by atoms with E-state index in [0.717, 1.165) is 27.7 Å². The van der Waals surface area contributed by atoms with Crippen molar-refractivity contribution in [3.05, 3.63) is 65.7 Å². The molecule has 3 rings (SSSR count). The standard InChI is InChI=1S/C23H29N5O3/c1-5-27(15-17-11-13-19(14-12-17)26(3)4)16-20(29)25-28-21(30)23(2,24-22(28)31)18-9-7-6-8-10-18/h6-14H,5,15-16H2,1-4H3,(H,24,31)(H,25,29)/p+1/t23-/m0/s1. The van der Waals surface area contributed by atoms with E-state index in [0.29, 0.717) is 12.1 Å². The molecule has 3 N–H and O–H groups in total. The highest BCUT2D eigenvalue weighted by atomic mass is 16.2. The largest absolute Gasteiger partial charge is 0.378 e. The minimum atomic E-state index is -1.21. The van der Waals surface area contributed by atoms with Crippen LogP contribution in [0.2, 0.25) is 0 Å². The number of likely N-dealkylation sites (N-methyl/N-ethyl adjacent to an activating group) is 1. The molecule has 8 heteroatoms. The van der Waals surface area contributed by atoms with Crippen LogP contribution in [-0.4, -0.2) is 50.0 Å². The summed E-state index contributed by atoms with van der Waals surface area (Å²) in [6.07, 6.45) is 0. The number of hydrogen-bond acceptors (Lipinski definition) is 4. The summed E-state index contributed by atoms with van der Waals surface area (Å²) in [7, 11) is 3.98. The van der Waals surface area contributed by atoms with Crippen molar-refractivity contribution in [2.75, 3.05) is 32.1 Å². The molecule has 2 atom stereocenters. The first-order valence-electron chi connectivity index (χ1n) is 10.4. The molecule has 31 heavy (non-hydrogen) atoms. The first-order chi connectivity index (χ1) is 14.7. The van der Waals surface area contributed by atoms with Gasteiger partial charge in [0.1, 0.15) is 12.1 Å². The molecule has 0 aliphatic carbocycles. The van der Waals surface area contributed by atoms with Crippen LogP contribution in [0.1, 0.15) is 25.0 Å². The van der Waals surface area contributed by atoms with Crippen molar-refractivity contribution in [1.29, 1.82) is 0 Å². The number of hydrazine groups is 1. The number of carbonyl (C=O) groups is 3. The monoisotopic (exact) mass is 424 g/mol. The summed E-state index contributed by atoms with van der Waals surface area (Å²) in [5.74, 6) is -0.892. The second kappa shape index (κ2) is 9.18. The Labute approximate surface area is 182 Å². The molecule has 1 saturated heterocycles. The lowest BCUT2D eigenvalue weighted by atomic mass is 9.92. The topological polar surface area (TPSA) is 86.2 Å². The quantitative estimate of drug-likeness (QED) is 0.544. The predicted octanol–water partition coefficient (Wildman–Crippen LogP) is 0.656. The minimum Gasteiger partial charge on any atom is -0.378 e. The number of benzene rings is 2. The van der Waals surface area contributed by atoms with Gasteiger partial charge in [-0.05, 0) is 31.5 Å². The van der Waals surface area contributed by atoms with Crippen molar-refractivity contribution in [2.45, 2.75) is 25.9 Å². The van der Waals surface area contributed by atoms with Crippen LogP contribution in [0.25, 0.3) is 0 Å². The van der Waals surface area contributed by atoms with Crippen molar-refractivity contribution < 1.29 is 19.3 Å². The molecule has 1 unspecified atom stereocenters. The van der Waals surface area contributed by atoms with Gasteiger partial charge in [-0.1, -0.05) is 42.5 Å². The van der Waals surface area contributed by atoms with Crippen LogP contribution in [0.4, 0.5) is 10.5 Å². The van der Waals surface area contributed by atoms with Crippen LogP contribution < -0.4 is 20.5 Å². The average molecular weight is 425 g/mol. The Bertz CT molecular complexity index is 945. The van der Waals surface area contributed by atoms with E-state index in [1.165, 1.54) is 0 Å². The van der Waals surface area contributed by atoms with E-state index in [4.69, 9.17) is 0 Å². The average Bonchev–Trinajstić information content (AvgIpc) is 2.98. The molecule has 1 aliphatic heterocycles. The normalized spacial score (nSPS) is 19.2. The van der Waals surface area contributed by atoms with Crippen LogP contribution in [0.3, 0.4) is 0 Å². The van der Waals surface area contributed by atoms with Crippen molar-refractivity contribution in [3.63, 3.8) is 0 Å². The maximum atomic E-state index is 12.9. The zero-order valence-electron chi connectivity index (χ0n) is 18.4. The summed E-state index contributed by atoms with van der Waals surface area (Å²) in [4.78, 5) is 41.0. The van der Waals surface area contributed by atoms with Crippen LogP contribution in [0.15, 0.2) is 54.6 Å². The SMILES string of the molecule is CC[NH+](CC(=O)NN1C(=O)N[C@@](C)(c2ccccc2)C1=O)Cc1ccc(N(C)C)cc1. The number of hydrogen-bond donors (Lipinski definition) is 3. The molecule has 164 valence electrons. The summed E-state index contributed by atoms with van der Waals surface area (Å²) < 4.78 is 0. The third kappa shape index (κ3) is 4.86. The Morgan fingerprint density at radius 1 is 1.10 bits per heavy atom. The maximum absolute atomic E-state index is 12.9. The van der Waals surface area contributed by atoms with Crippen molar-refractivity contribution in [1.82, 2.24) is 15.8 Å². The Morgan fingerprint density at radius 3 is 2.32 bits per heavy atom. The summed E-state index contributed by atoms with van der Waals surface area (Å²) in [5.41, 5.74) is 4.15. The molecule has 8 nitrogen and oxygen atoms in total. The number of urea groups is 1. The summed E-state index contributed by atoms with van der Waals surface area (Å²) >= 11 is 0. The zero-order chi connectivity index (χ0) is 22.6. The summed E-state index contributed by atoms with van der Waals surface area (Å²) in [5, 5.41) is 3.47. The number of nitrogens with one attached hydrogen (secondary N) is 3. The van der Waals surface area contributed by atoms with Gasteiger partial charge in [-0.3, -0.25) is 15.0 Å². The highest BCUT2D eigenvalue weighted by Crippen LogP contribution is 2.27. The van der Waals surface area contributed by atoms with Crippen LogP contribution >= 0.6 is 0 Å². The molecule has 2 aromatic rings. The highest BCUT2D eigenvalue weighted by molar-refractivity contribution is 6.08. The van der Waals surface area contributed by atoms with Gasteiger partial charge in [0.2, 0.25) is 0 Å². The van der Waals surface area contributed by atoms with Gasteiger partial charge in [-0.2, -0.15) is 5.01 Å². The van der Waals surface area contributed by atoms with Gasteiger partial charge in [-0.25, -0.2) is 4.79 Å². The Balaban J connectivity index is 1.62. The van der Waals surface area contributed by atoms with E-state index in [1.54, 1.807) is 31.2 Å². The summed E-state index contributed by atoms with van der Waals surface area (Å²) in [6.45, 7) is 5.17. The molecule has 2 aromatic carbocycles. The Kier molecular flexibility index (Phi) is 6.60. The van der Waals surface area contributed by atoms with Gasteiger partial charge in [0, 0.05) is 25.3 Å². The third-order valence-electron chi connectivity index (χ3n) is 5.60. The third-order valence-corrected chi connectivity index (χ3v) is 5.60. The number of carbonyl (C=O) groups excluding carboxylic acids is 3. The first kappa shape index (κ1) is 22.3. The number of nitrogens with zero attached hydrogens (tertiary/aromatic N) is 2. The molecule has 1 fully saturated rings. The molecule has 0 radical (unpaired) electrons. The van der Waals surface area contributed by atoms with Gasteiger partial charge in [0.15, 0.2) is 6.54 Å². The van der Waals surface area contributed by atoms with Crippen LogP contribution in [0, 0.1) is 0 Å². The van der Waals surface area contributed by atoms with E-state index >= 15 is 0 Å². The molecule has 0 aromatic heterocycles. The van der Waals surface area contributed by atoms with E-state index in [9.17, 15) is 14.4 Å². The smallest absolute Gasteiger partial charge is 0.344 e. The fraction of sp³-hybridized carbons (Fsp3) is 0.348. The van der Waals surface area contributed by atoms with E-state index in [2.05, 4.69) is 10.7 Å². The fourth-order valence-corrected chi connectivity index (χ4v) is 3.61. The lowest BCUT2D eigenvalue weighted by Crippen LogP contribution is -3.11. The molecule has 0 saturated carbocycles. The first-order valence-corrected chi connectivity index (χ1v) is 10.4. The Morgan fingerprint density at radius 2 is 1.74 bits per heavy atom. The van der Waals surface area contributed by atoms with Gasteiger partial charge in [0.05, 0.1) is 6.54 Å². The van der Waals surface area contributed by atoms with Gasteiger partial charge in [0.25, 0.3) is 11.8 Å². The molecule has 0 spiro atoms. The lowest BCUT2D eigenvalue weighted by molar-refractivity contribution is -0.904. The second-order valence-electron chi connectivity index (χ2n) is 8.11. The maximum Gasteiger partial charge on any atom is 0.344 e. The van der Waals surface area contributed by atoms with E-state index in [1.807, 2.05) is 56.3 Å². The van der Waals surface area contributed by atoms with Gasteiger partial charge >= 0.3 is 6.03 Å². The van der Waals surface area contributed by atoms with Crippen molar-refractivity contribution in [3.8, 4) is 0 Å². The highest BCUT2D eigenvalue weighted by Gasteiger charge is 2.50. The molecule has 1 aliphatic rings. The minimum absolute atomic E-state index is 0.144. The van der Waals surface area contributed by atoms with Crippen LogP contribution in [-0.2, 0) is 21.7 Å². The second-order valence-corrected chi connectivity index (χ2v) is 8.11. The zero-order valence-corrected chi connectivity index (χ0v) is 18.4. The number of imide groups is 1. The predicted molar refractivity (Wildman–Crippen MR) is 118 cm³/mol. The van der Waals surface area contributed by atoms with Gasteiger partial charge < -0.3 is 15.1 Å².